The molecule has 0 aromatic heterocycles. The predicted molar refractivity (Wildman–Crippen MR) is 83.8 cm³/mol. The summed E-state index contributed by atoms with van der Waals surface area (Å²) in [6.45, 7) is 2.81. The fraction of sp³-hybridized carbons (Fsp3) is 0.588. The largest absolute Gasteiger partial charge is 0.496 e. The highest BCUT2D eigenvalue weighted by Crippen LogP contribution is 2.31. The molecule has 1 saturated heterocycles. The Hall–Kier alpha value is -1.59. The minimum absolute atomic E-state index is 0.139. The van der Waals surface area contributed by atoms with E-state index in [0.29, 0.717) is 25.6 Å². The molecule has 0 spiro atoms. The van der Waals surface area contributed by atoms with E-state index < -0.39 is 0 Å². The maximum Gasteiger partial charge on any atom is 0.224 e. The van der Waals surface area contributed by atoms with Crippen LogP contribution >= 0.6 is 0 Å². The van der Waals surface area contributed by atoms with Gasteiger partial charge in [-0.1, -0.05) is 18.2 Å². The number of hydrogen-bond donors (Lipinski definition) is 1. The van der Waals surface area contributed by atoms with Gasteiger partial charge < -0.3 is 19.7 Å². The average Bonchev–Trinajstić information content (AvgIpc) is 3.38. The number of hydrogen-bond acceptors (Lipinski definition) is 4. The molecule has 5 heteroatoms. The van der Waals surface area contributed by atoms with E-state index in [1.807, 2.05) is 29.2 Å². The van der Waals surface area contributed by atoms with Gasteiger partial charge in [-0.25, -0.2) is 0 Å². The molecular weight excluding hydrogens is 280 g/mol. The Morgan fingerprint density at radius 1 is 1.41 bits per heavy atom. The highest BCUT2D eigenvalue weighted by Gasteiger charge is 2.34. The first-order valence-corrected chi connectivity index (χ1v) is 8.00. The van der Waals surface area contributed by atoms with Crippen molar-refractivity contribution in [2.45, 2.75) is 37.9 Å². The molecule has 1 N–H and O–H groups in total. The number of nitrogens with zero attached hydrogens (tertiary/aromatic N) is 1. The minimum Gasteiger partial charge on any atom is -0.496 e. The van der Waals surface area contributed by atoms with E-state index in [9.17, 15) is 4.79 Å². The van der Waals surface area contributed by atoms with Crippen molar-refractivity contribution in [2.75, 3.05) is 26.9 Å². The van der Waals surface area contributed by atoms with E-state index in [1.165, 1.54) is 0 Å². The summed E-state index contributed by atoms with van der Waals surface area (Å²) in [5, 5.41) is 3.35. The molecule has 3 rings (SSSR count). The van der Waals surface area contributed by atoms with Crippen LogP contribution in [-0.2, 0) is 16.1 Å². The molecule has 1 aromatic rings. The predicted octanol–water partition coefficient (Wildman–Crippen LogP) is 1.56. The van der Waals surface area contributed by atoms with E-state index in [-0.39, 0.29) is 11.9 Å². The molecular formula is C17H24N2O3. The molecule has 1 unspecified atom stereocenters. The van der Waals surface area contributed by atoms with E-state index in [1.54, 1.807) is 7.11 Å². The van der Waals surface area contributed by atoms with E-state index in [0.717, 1.165) is 37.3 Å². The smallest absolute Gasteiger partial charge is 0.224 e. The molecule has 1 amide bonds. The molecule has 2 aliphatic rings. The quantitative estimate of drug-likeness (QED) is 0.866. The van der Waals surface area contributed by atoms with Crippen molar-refractivity contribution in [3.05, 3.63) is 29.8 Å². The number of benzene rings is 1. The first kappa shape index (κ1) is 15.3. The molecule has 1 saturated carbocycles. The number of para-hydroxylation sites is 1. The highest BCUT2D eigenvalue weighted by molar-refractivity contribution is 5.77. The number of nitrogens with one attached hydrogen (secondary N) is 1. The van der Waals surface area contributed by atoms with Gasteiger partial charge in [0.25, 0.3) is 0 Å². The lowest BCUT2D eigenvalue weighted by Crippen LogP contribution is -2.45. The van der Waals surface area contributed by atoms with Crippen LogP contribution in [0.1, 0.15) is 24.8 Å². The van der Waals surface area contributed by atoms with Gasteiger partial charge in [0.05, 0.1) is 20.3 Å². The molecule has 0 bridgehead atoms. The Bertz CT molecular complexity index is 510. The van der Waals surface area contributed by atoms with Gasteiger partial charge in [-0.05, 0) is 18.9 Å². The Kier molecular flexibility index (Phi) is 4.95. The summed E-state index contributed by atoms with van der Waals surface area (Å²) < 4.78 is 10.8. The van der Waals surface area contributed by atoms with Crippen LogP contribution in [0.25, 0.3) is 0 Å². The van der Waals surface area contributed by atoms with Gasteiger partial charge in [-0.2, -0.15) is 0 Å². The standard InChI is InChI=1S/C17H24N2O3/c1-21-16-5-3-2-4-13(16)11-19(15-6-7-15)17(20)10-14-12-22-9-8-18-14/h2-5,14-15,18H,6-12H2,1H3. The van der Waals surface area contributed by atoms with Crippen LogP contribution in [0.4, 0.5) is 0 Å². The number of rotatable bonds is 6. The van der Waals surface area contributed by atoms with E-state index in [2.05, 4.69) is 5.32 Å². The number of morpholine rings is 1. The summed E-state index contributed by atoms with van der Waals surface area (Å²) in [5.74, 6) is 1.05. The monoisotopic (exact) mass is 304 g/mol. The van der Waals surface area contributed by atoms with Gasteiger partial charge in [0.1, 0.15) is 5.75 Å². The summed E-state index contributed by atoms with van der Waals surface area (Å²) in [6.07, 6.45) is 2.72. The summed E-state index contributed by atoms with van der Waals surface area (Å²) in [4.78, 5) is 14.7. The molecule has 2 fully saturated rings. The van der Waals surface area contributed by atoms with Crippen LogP contribution in [-0.4, -0.2) is 49.8 Å². The molecule has 120 valence electrons. The van der Waals surface area contributed by atoms with Crippen molar-refractivity contribution in [2.24, 2.45) is 0 Å². The van der Waals surface area contributed by atoms with Crippen molar-refractivity contribution in [1.29, 1.82) is 0 Å². The Morgan fingerprint density at radius 3 is 2.91 bits per heavy atom. The van der Waals surface area contributed by atoms with Crippen molar-refractivity contribution in [3.63, 3.8) is 0 Å². The topological polar surface area (TPSA) is 50.8 Å². The lowest BCUT2D eigenvalue weighted by molar-refractivity contribution is -0.133. The molecule has 1 atom stereocenters. The number of ether oxygens (including phenoxy) is 2. The number of methoxy groups -OCH3 is 1. The van der Waals surface area contributed by atoms with Crippen molar-refractivity contribution < 1.29 is 14.3 Å². The van der Waals surface area contributed by atoms with Crippen LogP contribution in [0.15, 0.2) is 24.3 Å². The molecule has 1 aliphatic carbocycles. The zero-order chi connectivity index (χ0) is 15.4. The molecule has 22 heavy (non-hydrogen) atoms. The SMILES string of the molecule is COc1ccccc1CN(C(=O)CC1COCCN1)C1CC1. The molecule has 0 radical (unpaired) electrons. The highest BCUT2D eigenvalue weighted by atomic mass is 16.5. The molecule has 5 nitrogen and oxygen atoms in total. The van der Waals surface area contributed by atoms with Crippen LogP contribution in [0, 0.1) is 0 Å². The van der Waals surface area contributed by atoms with Crippen LogP contribution in [0.2, 0.25) is 0 Å². The summed E-state index contributed by atoms with van der Waals surface area (Å²) in [7, 11) is 1.67. The Balaban J connectivity index is 1.65. The second kappa shape index (κ2) is 7.11. The second-order valence-corrected chi connectivity index (χ2v) is 5.99. The van der Waals surface area contributed by atoms with Crippen molar-refractivity contribution >= 4 is 5.91 Å². The zero-order valence-corrected chi connectivity index (χ0v) is 13.1. The minimum atomic E-state index is 0.139. The van der Waals surface area contributed by atoms with Crippen molar-refractivity contribution in [1.82, 2.24) is 10.2 Å². The third-order valence-corrected chi connectivity index (χ3v) is 4.26. The number of carbonyl (C=O) groups excluding carboxylic acids is 1. The van der Waals surface area contributed by atoms with Crippen LogP contribution in [0.3, 0.4) is 0 Å². The zero-order valence-electron chi connectivity index (χ0n) is 13.1. The summed E-state index contributed by atoms with van der Waals surface area (Å²) >= 11 is 0. The number of amides is 1. The third-order valence-electron chi connectivity index (χ3n) is 4.26. The van der Waals surface area contributed by atoms with Gasteiger partial charge in [0.15, 0.2) is 0 Å². The maximum absolute atomic E-state index is 12.7. The fourth-order valence-corrected chi connectivity index (χ4v) is 2.90. The second-order valence-electron chi connectivity index (χ2n) is 5.99. The van der Waals surface area contributed by atoms with E-state index >= 15 is 0 Å². The normalized spacial score (nSPS) is 21.4. The van der Waals surface area contributed by atoms with Gasteiger partial charge in [-0.3, -0.25) is 4.79 Å². The molecule has 1 aromatic carbocycles. The van der Waals surface area contributed by atoms with Gasteiger partial charge >= 0.3 is 0 Å². The third kappa shape index (κ3) is 3.78. The van der Waals surface area contributed by atoms with Crippen LogP contribution < -0.4 is 10.1 Å². The number of carbonyl (C=O) groups is 1. The first-order chi connectivity index (χ1) is 10.8. The summed E-state index contributed by atoms with van der Waals surface area (Å²) in [5.41, 5.74) is 1.07. The maximum atomic E-state index is 12.7. The molecule has 1 aliphatic heterocycles. The Morgan fingerprint density at radius 2 is 2.23 bits per heavy atom. The molecule has 1 heterocycles. The Labute approximate surface area is 131 Å². The lowest BCUT2D eigenvalue weighted by atomic mass is 10.1. The average molecular weight is 304 g/mol. The first-order valence-electron chi connectivity index (χ1n) is 8.00. The fourth-order valence-electron chi connectivity index (χ4n) is 2.90. The summed E-state index contributed by atoms with van der Waals surface area (Å²) in [6, 6.07) is 8.45. The van der Waals surface area contributed by atoms with E-state index in [4.69, 9.17) is 9.47 Å². The van der Waals surface area contributed by atoms with Gasteiger partial charge in [0, 0.05) is 37.2 Å². The van der Waals surface area contributed by atoms with Crippen molar-refractivity contribution in [3.8, 4) is 5.75 Å². The van der Waals surface area contributed by atoms with Gasteiger partial charge in [0.2, 0.25) is 5.91 Å². The van der Waals surface area contributed by atoms with Gasteiger partial charge in [-0.15, -0.1) is 0 Å². The van der Waals surface area contributed by atoms with Crippen LogP contribution in [0.5, 0.6) is 5.75 Å². The lowest BCUT2D eigenvalue weighted by Gasteiger charge is -2.28.